The molecule has 6 heteroatoms. The van der Waals surface area contributed by atoms with Gasteiger partial charge in [-0.15, -0.1) is 11.3 Å². The van der Waals surface area contributed by atoms with Gasteiger partial charge in [0.25, 0.3) is 5.56 Å². The van der Waals surface area contributed by atoms with Crippen molar-refractivity contribution < 1.29 is 0 Å². The second kappa shape index (κ2) is 4.06. The Labute approximate surface area is 107 Å². The highest BCUT2D eigenvalue weighted by atomic mass is 32.1. The summed E-state index contributed by atoms with van der Waals surface area (Å²) in [7, 11) is 1.91. The normalized spacial score (nSPS) is 11.2. The molecule has 0 aliphatic carbocycles. The molecular formula is C12H12N4OS. The van der Waals surface area contributed by atoms with Gasteiger partial charge in [-0.2, -0.15) is 0 Å². The zero-order valence-corrected chi connectivity index (χ0v) is 10.9. The molecular weight excluding hydrogens is 248 g/mol. The van der Waals surface area contributed by atoms with Gasteiger partial charge in [-0.05, 0) is 17.9 Å². The second-order valence-corrected chi connectivity index (χ2v) is 5.09. The van der Waals surface area contributed by atoms with Crippen LogP contribution in [-0.2, 0) is 13.6 Å². The van der Waals surface area contributed by atoms with E-state index >= 15 is 0 Å². The van der Waals surface area contributed by atoms with Crippen LogP contribution in [0.5, 0.6) is 0 Å². The molecule has 0 amide bonds. The number of aromatic nitrogens is 4. The summed E-state index contributed by atoms with van der Waals surface area (Å²) in [4.78, 5) is 21.7. The average Bonchev–Trinajstić information content (AvgIpc) is 2.91. The van der Waals surface area contributed by atoms with Crippen LogP contribution in [0, 0.1) is 6.92 Å². The molecule has 0 spiro atoms. The third-order valence-electron chi connectivity index (χ3n) is 2.98. The standard InChI is InChI=1S/C12H12N4OS/c1-8-6-18-11-10(8)12(17)16(7-14-11)5-9-13-3-4-15(9)2/h3-4,6-7H,5H2,1-2H3. The molecule has 0 aliphatic rings. The first-order valence-corrected chi connectivity index (χ1v) is 6.44. The SMILES string of the molecule is Cc1csc2ncn(Cc3nccn3C)c(=O)c12. The molecule has 0 aliphatic heterocycles. The monoisotopic (exact) mass is 260 g/mol. The number of nitrogens with zero attached hydrogens (tertiary/aromatic N) is 4. The molecule has 3 aromatic heterocycles. The van der Waals surface area contributed by atoms with Crippen LogP contribution in [0.1, 0.15) is 11.4 Å². The molecule has 3 heterocycles. The van der Waals surface area contributed by atoms with E-state index in [1.54, 1.807) is 17.1 Å². The van der Waals surface area contributed by atoms with E-state index in [1.165, 1.54) is 11.3 Å². The number of hydrogen-bond acceptors (Lipinski definition) is 4. The van der Waals surface area contributed by atoms with Gasteiger partial charge in [-0.3, -0.25) is 9.36 Å². The number of fused-ring (bicyclic) bond motifs is 1. The van der Waals surface area contributed by atoms with Gasteiger partial charge in [0.2, 0.25) is 0 Å². The van der Waals surface area contributed by atoms with Crippen molar-refractivity contribution in [2.24, 2.45) is 7.05 Å². The van der Waals surface area contributed by atoms with E-state index in [9.17, 15) is 4.79 Å². The lowest BCUT2D eigenvalue weighted by Crippen LogP contribution is -2.22. The Morgan fingerprint density at radius 1 is 1.39 bits per heavy atom. The summed E-state index contributed by atoms with van der Waals surface area (Å²) < 4.78 is 3.50. The van der Waals surface area contributed by atoms with Crippen molar-refractivity contribution in [1.82, 2.24) is 19.1 Å². The van der Waals surface area contributed by atoms with Crippen LogP contribution in [0.15, 0.2) is 28.9 Å². The maximum atomic E-state index is 12.3. The summed E-state index contributed by atoms with van der Waals surface area (Å²) in [5, 5.41) is 2.68. The second-order valence-electron chi connectivity index (χ2n) is 4.23. The predicted molar refractivity (Wildman–Crippen MR) is 70.9 cm³/mol. The van der Waals surface area contributed by atoms with Gasteiger partial charge in [0, 0.05) is 19.4 Å². The van der Waals surface area contributed by atoms with Crippen molar-refractivity contribution in [1.29, 1.82) is 0 Å². The average molecular weight is 260 g/mol. The lowest BCUT2D eigenvalue weighted by atomic mass is 10.3. The van der Waals surface area contributed by atoms with Gasteiger partial charge in [-0.1, -0.05) is 0 Å². The Bertz CT molecular complexity index is 768. The van der Waals surface area contributed by atoms with Crippen molar-refractivity contribution in [2.45, 2.75) is 13.5 Å². The van der Waals surface area contributed by atoms with Crippen LogP contribution in [0.4, 0.5) is 0 Å². The Balaban J connectivity index is 2.13. The zero-order chi connectivity index (χ0) is 12.7. The van der Waals surface area contributed by atoms with Gasteiger partial charge < -0.3 is 4.57 Å². The zero-order valence-electron chi connectivity index (χ0n) is 10.1. The predicted octanol–water partition coefficient (Wildman–Crippen LogP) is 1.55. The van der Waals surface area contributed by atoms with Crippen molar-refractivity contribution in [3.8, 4) is 0 Å². The van der Waals surface area contributed by atoms with Crippen molar-refractivity contribution in [3.63, 3.8) is 0 Å². The van der Waals surface area contributed by atoms with Crippen LogP contribution in [0.2, 0.25) is 0 Å². The summed E-state index contributed by atoms with van der Waals surface area (Å²) in [5.41, 5.74) is 0.989. The minimum Gasteiger partial charge on any atom is -0.337 e. The molecule has 0 unspecified atom stereocenters. The van der Waals surface area contributed by atoms with Crippen LogP contribution in [0.3, 0.4) is 0 Å². The fourth-order valence-corrected chi connectivity index (χ4v) is 2.80. The maximum Gasteiger partial charge on any atom is 0.262 e. The molecule has 92 valence electrons. The molecule has 0 saturated carbocycles. The minimum absolute atomic E-state index is 0.00162. The van der Waals surface area contributed by atoms with Crippen molar-refractivity contribution in [2.75, 3.05) is 0 Å². The van der Waals surface area contributed by atoms with E-state index in [2.05, 4.69) is 9.97 Å². The van der Waals surface area contributed by atoms with Gasteiger partial charge in [0.05, 0.1) is 18.3 Å². The highest BCUT2D eigenvalue weighted by molar-refractivity contribution is 7.16. The van der Waals surface area contributed by atoms with E-state index in [0.717, 1.165) is 21.6 Å². The molecule has 0 saturated heterocycles. The van der Waals surface area contributed by atoms with E-state index in [-0.39, 0.29) is 5.56 Å². The summed E-state index contributed by atoms with van der Waals surface area (Å²) in [6.45, 7) is 2.38. The number of hydrogen-bond donors (Lipinski definition) is 0. The molecule has 3 aromatic rings. The number of aryl methyl sites for hydroxylation is 2. The van der Waals surface area contributed by atoms with E-state index < -0.39 is 0 Å². The Hall–Kier alpha value is -1.95. The van der Waals surface area contributed by atoms with Crippen molar-refractivity contribution in [3.05, 3.63) is 45.8 Å². The fraction of sp³-hybridized carbons (Fsp3) is 0.250. The Morgan fingerprint density at radius 2 is 2.22 bits per heavy atom. The summed E-state index contributed by atoms with van der Waals surface area (Å²) in [5.74, 6) is 0.839. The molecule has 0 fully saturated rings. The van der Waals surface area contributed by atoms with Crippen molar-refractivity contribution >= 4 is 21.6 Å². The highest BCUT2D eigenvalue weighted by Crippen LogP contribution is 2.19. The first-order valence-electron chi connectivity index (χ1n) is 5.56. The van der Waals surface area contributed by atoms with Gasteiger partial charge >= 0.3 is 0 Å². The molecule has 3 rings (SSSR count). The van der Waals surface area contributed by atoms with Gasteiger partial charge in [0.1, 0.15) is 10.7 Å². The third kappa shape index (κ3) is 1.65. The molecule has 0 atom stereocenters. The largest absolute Gasteiger partial charge is 0.337 e. The molecule has 0 bridgehead atoms. The minimum atomic E-state index is 0.00162. The van der Waals surface area contributed by atoms with Crippen LogP contribution in [-0.4, -0.2) is 19.1 Å². The summed E-state index contributed by atoms with van der Waals surface area (Å²) >= 11 is 1.50. The number of thiophene rings is 1. The van der Waals surface area contributed by atoms with E-state index in [0.29, 0.717) is 6.54 Å². The Morgan fingerprint density at radius 3 is 2.94 bits per heavy atom. The lowest BCUT2D eigenvalue weighted by molar-refractivity contribution is 0.673. The summed E-state index contributed by atoms with van der Waals surface area (Å²) in [6, 6.07) is 0. The first kappa shape index (κ1) is 11.2. The van der Waals surface area contributed by atoms with Crippen LogP contribution < -0.4 is 5.56 Å². The third-order valence-corrected chi connectivity index (χ3v) is 3.98. The van der Waals surface area contributed by atoms with Crippen LogP contribution in [0.25, 0.3) is 10.2 Å². The maximum absolute atomic E-state index is 12.3. The smallest absolute Gasteiger partial charge is 0.262 e. The molecule has 0 N–H and O–H groups in total. The molecule has 18 heavy (non-hydrogen) atoms. The van der Waals surface area contributed by atoms with Gasteiger partial charge in [0.15, 0.2) is 0 Å². The van der Waals surface area contributed by atoms with E-state index in [1.807, 2.05) is 30.1 Å². The summed E-state index contributed by atoms with van der Waals surface area (Å²) in [6.07, 6.45) is 5.18. The lowest BCUT2D eigenvalue weighted by Gasteiger charge is -2.05. The van der Waals surface area contributed by atoms with E-state index in [4.69, 9.17) is 0 Å². The highest BCUT2D eigenvalue weighted by Gasteiger charge is 2.10. The number of imidazole rings is 1. The fourth-order valence-electron chi connectivity index (χ4n) is 1.92. The number of rotatable bonds is 2. The Kier molecular flexibility index (Phi) is 2.52. The molecule has 5 nitrogen and oxygen atoms in total. The quantitative estimate of drug-likeness (QED) is 0.702. The first-order chi connectivity index (χ1) is 8.66. The molecule has 0 aromatic carbocycles. The van der Waals surface area contributed by atoms with Gasteiger partial charge in [-0.25, -0.2) is 9.97 Å². The molecule has 0 radical (unpaired) electrons. The topological polar surface area (TPSA) is 52.7 Å². The van der Waals surface area contributed by atoms with Crippen LogP contribution >= 0.6 is 11.3 Å².